The molecule has 1 unspecified atom stereocenters. The van der Waals surface area contributed by atoms with E-state index in [9.17, 15) is 4.79 Å². The SMILES string of the molecule is Cc1c[nH]c(=O)n1-c1ccc(C2CCCNC2)cc1. The number of H-pyrrole nitrogens is 1. The Morgan fingerprint density at radius 2 is 2.05 bits per heavy atom. The predicted octanol–water partition coefficient (Wildman–Crippen LogP) is 1.94. The number of aromatic nitrogens is 2. The summed E-state index contributed by atoms with van der Waals surface area (Å²) in [7, 11) is 0. The smallest absolute Gasteiger partial charge is 0.316 e. The molecule has 4 heteroatoms. The van der Waals surface area contributed by atoms with Crippen LogP contribution in [0.4, 0.5) is 0 Å². The zero-order valence-corrected chi connectivity index (χ0v) is 11.1. The number of hydrogen-bond donors (Lipinski definition) is 2. The van der Waals surface area contributed by atoms with Gasteiger partial charge in [-0.25, -0.2) is 4.79 Å². The molecule has 1 aromatic carbocycles. The molecule has 0 radical (unpaired) electrons. The van der Waals surface area contributed by atoms with Crippen LogP contribution in [-0.4, -0.2) is 22.6 Å². The van der Waals surface area contributed by atoms with Gasteiger partial charge in [-0.1, -0.05) is 12.1 Å². The molecule has 0 spiro atoms. The minimum absolute atomic E-state index is 0.0791. The van der Waals surface area contributed by atoms with Gasteiger partial charge in [0.15, 0.2) is 0 Å². The maximum absolute atomic E-state index is 11.7. The minimum atomic E-state index is -0.0791. The first-order chi connectivity index (χ1) is 9.25. The lowest BCUT2D eigenvalue weighted by Crippen LogP contribution is -2.28. The second kappa shape index (κ2) is 5.05. The highest BCUT2D eigenvalue weighted by molar-refractivity contribution is 5.37. The molecule has 0 saturated carbocycles. The normalized spacial score (nSPS) is 19.5. The Bertz CT molecular complexity index is 603. The third-order valence-electron chi connectivity index (χ3n) is 3.88. The largest absolute Gasteiger partial charge is 0.330 e. The third kappa shape index (κ3) is 2.36. The van der Waals surface area contributed by atoms with Crippen molar-refractivity contribution in [3.8, 4) is 5.69 Å². The van der Waals surface area contributed by atoms with E-state index in [2.05, 4.69) is 22.4 Å². The fourth-order valence-corrected chi connectivity index (χ4v) is 2.81. The van der Waals surface area contributed by atoms with Crippen molar-refractivity contribution in [2.45, 2.75) is 25.7 Å². The number of aryl methyl sites for hydroxylation is 1. The van der Waals surface area contributed by atoms with Crippen LogP contribution < -0.4 is 11.0 Å². The molecule has 2 aromatic rings. The van der Waals surface area contributed by atoms with Crippen LogP contribution in [0.3, 0.4) is 0 Å². The van der Waals surface area contributed by atoms with E-state index in [1.54, 1.807) is 10.8 Å². The second-order valence-corrected chi connectivity index (χ2v) is 5.21. The molecule has 1 aromatic heterocycles. The lowest BCUT2D eigenvalue weighted by molar-refractivity contribution is 0.461. The van der Waals surface area contributed by atoms with E-state index in [0.717, 1.165) is 24.5 Å². The number of nitrogens with one attached hydrogen (secondary N) is 2. The topological polar surface area (TPSA) is 49.8 Å². The molecular weight excluding hydrogens is 238 g/mol. The molecule has 100 valence electrons. The van der Waals surface area contributed by atoms with Crippen molar-refractivity contribution < 1.29 is 0 Å². The molecule has 1 atom stereocenters. The lowest BCUT2D eigenvalue weighted by Gasteiger charge is -2.23. The number of nitrogens with zero attached hydrogens (tertiary/aromatic N) is 1. The molecule has 2 N–H and O–H groups in total. The van der Waals surface area contributed by atoms with E-state index in [0.29, 0.717) is 5.92 Å². The quantitative estimate of drug-likeness (QED) is 0.864. The molecule has 4 nitrogen and oxygen atoms in total. The van der Waals surface area contributed by atoms with Gasteiger partial charge < -0.3 is 10.3 Å². The summed E-state index contributed by atoms with van der Waals surface area (Å²) >= 11 is 0. The van der Waals surface area contributed by atoms with E-state index in [-0.39, 0.29) is 5.69 Å². The summed E-state index contributed by atoms with van der Waals surface area (Å²) in [6, 6.07) is 8.36. The Morgan fingerprint density at radius 3 is 2.63 bits per heavy atom. The van der Waals surface area contributed by atoms with Crippen molar-refractivity contribution in [2.24, 2.45) is 0 Å². The summed E-state index contributed by atoms with van der Waals surface area (Å²) < 4.78 is 1.70. The monoisotopic (exact) mass is 257 g/mol. The van der Waals surface area contributed by atoms with E-state index < -0.39 is 0 Å². The fourth-order valence-electron chi connectivity index (χ4n) is 2.81. The molecule has 1 saturated heterocycles. The number of aromatic amines is 1. The highest BCUT2D eigenvalue weighted by atomic mass is 16.1. The van der Waals surface area contributed by atoms with Gasteiger partial charge in [0.2, 0.25) is 0 Å². The number of rotatable bonds is 2. The van der Waals surface area contributed by atoms with E-state index in [4.69, 9.17) is 0 Å². The summed E-state index contributed by atoms with van der Waals surface area (Å²) in [5.74, 6) is 0.604. The third-order valence-corrected chi connectivity index (χ3v) is 3.88. The first kappa shape index (κ1) is 12.2. The second-order valence-electron chi connectivity index (χ2n) is 5.21. The van der Waals surface area contributed by atoms with Crippen LogP contribution in [0.25, 0.3) is 5.69 Å². The maximum atomic E-state index is 11.7. The average Bonchev–Trinajstić information content (AvgIpc) is 2.79. The predicted molar refractivity (Wildman–Crippen MR) is 76.0 cm³/mol. The van der Waals surface area contributed by atoms with Crippen LogP contribution in [0.1, 0.15) is 30.0 Å². The molecule has 19 heavy (non-hydrogen) atoms. The van der Waals surface area contributed by atoms with Gasteiger partial charge in [-0.15, -0.1) is 0 Å². The Morgan fingerprint density at radius 1 is 1.26 bits per heavy atom. The molecule has 0 amide bonds. The van der Waals surface area contributed by atoms with Crippen LogP contribution in [0, 0.1) is 6.92 Å². The number of piperidine rings is 1. The first-order valence-corrected chi connectivity index (χ1v) is 6.84. The van der Waals surface area contributed by atoms with Crippen LogP contribution in [0.15, 0.2) is 35.3 Å². The Labute approximate surface area is 112 Å². The highest BCUT2D eigenvalue weighted by Gasteiger charge is 2.15. The first-order valence-electron chi connectivity index (χ1n) is 6.84. The van der Waals surface area contributed by atoms with Crippen molar-refractivity contribution in [1.29, 1.82) is 0 Å². The van der Waals surface area contributed by atoms with Crippen LogP contribution in [0.2, 0.25) is 0 Å². The Balaban J connectivity index is 1.88. The molecule has 0 aliphatic carbocycles. The molecule has 1 aliphatic heterocycles. The van der Waals surface area contributed by atoms with Crippen LogP contribution in [0.5, 0.6) is 0 Å². The van der Waals surface area contributed by atoms with Crippen LogP contribution >= 0.6 is 0 Å². The van der Waals surface area contributed by atoms with Crippen molar-refractivity contribution >= 4 is 0 Å². The summed E-state index contributed by atoms with van der Waals surface area (Å²) in [5.41, 5.74) is 3.13. The minimum Gasteiger partial charge on any atom is -0.316 e. The van der Waals surface area contributed by atoms with Gasteiger partial charge in [0.05, 0.1) is 5.69 Å². The van der Waals surface area contributed by atoms with Gasteiger partial charge in [0.25, 0.3) is 0 Å². The van der Waals surface area contributed by atoms with Gasteiger partial charge in [0.1, 0.15) is 0 Å². The van der Waals surface area contributed by atoms with Crippen molar-refractivity contribution in [2.75, 3.05) is 13.1 Å². The molecule has 1 aliphatic rings. The van der Waals surface area contributed by atoms with Gasteiger partial charge in [0, 0.05) is 18.4 Å². The Kier molecular flexibility index (Phi) is 3.25. The highest BCUT2D eigenvalue weighted by Crippen LogP contribution is 2.24. The van der Waals surface area contributed by atoms with E-state index >= 15 is 0 Å². The van der Waals surface area contributed by atoms with Crippen molar-refractivity contribution in [3.05, 3.63) is 52.2 Å². The average molecular weight is 257 g/mol. The van der Waals surface area contributed by atoms with Gasteiger partial charge >= 0.3 is 5.69 Å². The molecule has 3 rings (SSSR count). The summed E-state index contributed by atoms with van der Waals surface area (Å²) in [4.78, 5) is 14.4. The van der Waals surface area contributed by atoms with Gasteiger partial charge in [-0.3, -0.25) is 4.57 Å². The van der Waals surface area contributed by atoms with Gasteiger partial charge in [-0.2, -0.15) is 0 Å². The molecule has 0 bridgehead atoms. The zero-order valence-electron chi connectivity index (χ0n) is 11.1. The van der Waals surface area contributed by atoms with Gasteiger partial charge in [-0.05, 0) is 49.9 Å². The van der Waals surface area contributed by atoms with E-state index in [1.807, 2.05) is 19.1 Å². The summed E-state index contributed by atoms with van der Waals surface area (Å²) in [6.45, 7) is 4.12. The zero-order chi connectivity index (χ0) is 13.2. The maximum Gasteiger partial charge on any atom is 0.330 e. The molecule has 1 fully saturated rings. The van der Waals surface area contributed by atoms with Crippen LogP contribution in [-0.2, 0) is 0 Å². The number of benzene rings is 1. The molecular formula is C15H19N3O. The fraction of sp³-hybridized carbons (Fsp3) is 0.400. The summed E-state index contributed by atoms with van der Waals surface area (Å²) in [5, 5.41) is 3.43. The molecule has 2 heterocycles. The lowest BCUT2D eigenvalue weighted by atomic mass is 9.91. The standard InChI is InChI=1S/C15H19N3O/c1-11-9-17-15(19)18(11)14-6-4-12(5-7-14)13-3-2-8-16-10-13/h4-7,9,13,16H,2-3,8,10H2,1H3,(H,17,19). The van der Waals surface area contributed by atoms with Crippen molar-refractivity contribution in [3.63, 3.8) is 0 Å². The van der Waals surface area contributed by atoms with Crippen molar-refractivity contribution in [1.82, 2.24) is 14.9 Å². The number of hydrogen-bond acceptors (Lipinski definition) is 2. The summed E-state index contributed by atoms with van der Waals surface area (Å²) in [6.07, 6.45) is 4.22. The Hall–Kier alpha value is -1.81. The number of imidazole rings is 1. The van der Waals surface area contributed by atoms with E-state index in [1.165, 1.54) is 18.4 Å².